The van der Waals surface area contributed by atoms with Gasteiger partial charge in [0.05, 0.1) is 0 Å². The van der Waals surface area contributed by atoms with Gasteiger partial charge < -0.3 is 9.88 Å². The lowest BCUT2D eigenvalue weighted by molar-refractivity contribution is 0.0705. The highest BCUT2D eigenvalue weighted by Crippen LogP contribution is 2.38. The van der Waals surface area contributed by atoms with Gasteiger partial charge in [-0.1, -0.05) is 12.8 Å². The van der Waals surface area contributed by atoms with Gasteiger partial charge >= 0.3 is 0 Å². The summed E-state index contributed by atoms with van der Waals surface area (Å²) in [6.45, 7) is 2.10. The second-order valence-corrected chi connectivity index (χ2v) is 7.34. The number of hydrogen-bond acceptors (Lipinski definition) is 2. The fourth-order valence-corrected chi connectivity index (χ4v) is 4.70. The lowest BCUT2D eigenvalue weighted by Gasteiger charge is -2.38. The van der Waals surface area contributed by atoms with Crippen LogP contribution in [0.3, 0.4) is 0 Å². The Morgan fingerprint density at radius 1 is 1.10 bits per heavy atom. The summed E-state index contributed by atoms with van der Waals surface area (Å²) >= 11 is 0. The number of aromatic amines is 1. The first-order valence-electron chi connectivity index (χ1n) is 8.69. The van der Waals surface area contributed by atoms with Crippen LogP contribution in [0.2, 0.25) is 0 Å². The number of fused-ring (bicyclic) bond motifs is 4. The maximum atomic E-state index is 13.1. The monoisotopic (exact) mass is 286 g/mol. The van der Waals surface area contributed by atoms with E-state index in [9.17, 15) is 4.79 Å². The van der Waals surface area contributed by atoms with Crippen molar-refractivity contribution < 1.29 is 4.79 Å². The van der Waals surface area contributed by atoms with Crippen molar-refractivity contribution in [2.75, 3.05) is 20.1 Å². The molecule has 1 aliphatic heterocycles. The van der Waals surface area contributed by atoms with E-state index in [-0.39, 0.29) is 5.92 Å². The van der Waals surface area contributed by atoms with Gasteiger partial charge in [-0.15, -0.1) is 0 Å². The average Bonchev–Trinajstić information content (AvgIpc) is 2.77. The molecule has 0 aromatic carbocycles. The maximum Gasteiger partial charge on any atom is 0.169 e. The van der Waals surface area contributed by atoms with Crippen LogP contribution in [0.25, 0.3) is 0 Å². The van der Waals surface area contributed by atoms with E-state index in [1.807, 2.05) is 0 Å². The number of likely N-dealkylation sites (tertiary alicyclic amines) is 1. The van der Waals surface area contributed by atoms with Crippen LogP contribution in [-0.4, -0.2) is 35.8 Å². The summed E-state index contributed by atoms with van der Waals surface area (Å²) in [5, 5.41) is 0. The predicted molar refractivity (Wildman–Crippen MR) is 83.8 cm³/mol. The Hall–Kier alpha value is -1.09. The third kappa shape index (κ3) is 2.26. The molecular weight excluding hydrogens is 260 g/mol. The summed E-state index contributed by atoms with van der Waals surface area (Å²) in [6, 6.07) is 0. The van der Waals surface area contributed by atoms with Gasteiger partial charge in [0, 0.05) is 29.4 Å². The zero-order valence-electron chi connectivity index (χ0n) is 13.1. The van der Waals surface area contributed by atoms with E-state index in [0.29, 0.717) is 11.7 Å². The number of carbonyl (C=O) groups excluding carboxylic acids is 1. The Bertz CT molecular complexity index is 560. The zero-order chi connectivity index (χ0) is 14.4. The summed E-state index contributed by atoms with van der Waals surface area (Å²) < 4.78 is 0. The molecule has 0 radical (unpaired) electrons. The number of hydrogen-bond donors (Lipinski definition) is 1. The molecule has 0 spiro atoms. The van der Waals surface area contributed by atoms with Gasteiger partial charge in [-0.25, -0.2) is 0 Å². The highest BCUT2D eigenvalue weighted by atomic mass is 16.1. The van der Waals surface area contributed by atoms with E-state index in [0.717, 1.165) is 37.9 Å². The van der Waals surface area contributed by atoms with Gasteiger partial charge in [0.1, 0.15) is 0 Å². The van der Waals surface area contributed by atoms with Crippen molar-refractivity contribution in [3.63, 3.8) is 0 Å². The molecule has 3 heteroatoms. The molecule has 1 fully saturated rings. The molecule has 0 unspecified atom stereocenters. The third-order valence-corrected chi connectivity index (χ3v) is 5.88. The van der Waals surface area contributed by atoms with Crippen LogP contribution in [0, 0.1) is 11.8 Å². The first-order valence-corrected chi connectivity index (χ1v) is 8.69. The first kappa shape index (κ1) is 13.6. The van der Waals surface area contributed by atoms with Crippen molar-refractivity contribution in [1.82, 2.24) is 9.88 Å². The largest absolute Gasteiger partial charge is 0.361 e. The summed E-state index contributed by atoms with van der Waals surface area (Å²) in [4.78, 5) is 19.1. The molecule has 3 aliphatic rings. The molecule has 4 rings (SSSR count). The number of aromatic nitrogens is 1. The van der Waals surface area contributed by atoms with Gasteiger partial charge in [0.25, 0.3) is 0 Å². The Kier molecular flexibility index (Phi) is 3.41. The fourth-order valence-electron chi connectivity index (χ4n) is 4.70. The molecule has 2 atom stereocenters. The van der Waals surface area contributed by atoms with Crippen molar-refractivity contribution in [3.8, 4) is 0 Å². The minimum atomic E-state index is 0.251. The van der Waals surface area contributed by atoms with E-state index in [1.165, 1.54) is 49.1 Å². The standard InChI is InChI=1S/C18H26N2O/c1-20-9-8-12-10-16-17(18(21)14(12)11-20)13-6-4-2-3-5-7-15(13)19-16/h12,14,19H,2-11H2,1H3/t12-,14+/m0/s1. The minimum Gasteiger partial charge on any atom is -0.361 e. The van der Waals surface area contributed by atoms with Crippen LogP contribution >= 0.6 is 0 Å². The lowest BCUT2D eigenvalue weighted by atomic mass is 9.72. The second kappa shape index (κ2) is 5.28. The predicted octanol–water partition coefficient (Wildman–Crippen LogP) is 2.98. The number of nitrogens with one attached hydrogen (secondary N) is 1. The van der Waals surface area contributed by atoms with Gasteiger partial charge in [-0.3, -0.25) is 4.79 Å². The van der Waals surface area contributed by atoms with Crippen LogP contribution in [0.15, 0.2) is 0 Å². The molecule has 3 nitrogen and oxygen atoms in total. The van der Waals surface area contributed by atoms with Gasteiger partial charge in [-0.05, 0) is 63.6 Å². The maximum absolute atomic E-state index is 13.1. The molecular formula is C18H26N2O. The summed E-state index contributed by atoms with van der Waals surface area (Å²) in [5.74, 6) is 1.28. The number of aryl methyl sites for hydroxylation is 1. The van der Waals surface area contributed by atoms with Crippen molar-refractivity contribution in [1.29, 1.82) is 0 Å². The highest BCUT2D eigenvalue weighted by Gasteiger charge is 2.41. The summed E-state index contributed by atoms with van der Waals surface area (Å²) in [7, 11) is 2.15. The Morgan fingerprint density at radius 2 is 1.90 bits per heavy atom. The fraction of sp³-hybridized carbons (Fsp3) is 0.722. The van der Waals surface area contributed by atoms with Crippen LogP contribution in [0.4, 0.5) is 0 Å². The van der Waals surface area contributed by atoms with Crippen LogP contribution in [0.1, 0.15) is 59.4 Å². The van der Waals surface area contributed by atoms with Gasteiger partial charge in [0.2, 0.25) is 0 Å². The van der Waals surface area contributed by atoms with Crippen LogP contribution < -0.4 is 0 Å². The molecule has 1 aromatic rings. The third-order valence-electron chi connectivity index (χ3n) is 5.88. The van der Waals surface area contributed by atoms with E-state index in [2.05, 4.69) is 16.9 Å². The number of piperidine rings is 1. The number of Topliss-reactive ketones (excluding diaryl/α,β-unsaturated/α-hetero) is 1. The Labute approximate surface area is 127 Å². The molecule has 1 aromatic heterocycles. The molecule has 2 heterocycles. The number of ketones is 1. The number of nitrogens with zero attached hydrogens (tertiary/aromatic N) is 1. The normalized spacial score (nSPS) is 30.0. The van der Waals surface area contributed by atoms with Crippen molar-refractivity contribution in [2.24, 2.45) is 11.8 Å². The van der Waals surface area contributed by atoms with Crippen LogP contribution in [-0.2, 0) is 19.3 Å². The van der Waals surface area contributed by atoms with Crippen molar-refractivity contribution in [3.05, 3.63) is 22.5 Å². The van der Waals surface area contributed by atoms with Crippen LogP contribution in [0.5, 0.6) is 0 Å². The average molecular weight is 286 g/mol. The number of rotatable bonds is 0. The molecule has 0 bridgehead atoms. The van der Waals surface area contributed by atoms with Crippen molar-refractivity contribution >= 4 is 5.78 Å². The Morgan fingerprint density at radius 3 is 2.76 bits per heavy atom. The van der Waals surface area contributed by atoms with Gasteiger partial charge in [-0.2, -0.15) is 0 Å². The quantitative estimate of drug-likeness (QED) is 0.796. The topological polar surface area (TPSA) is 36.1 Å². The Balaban J connectivity index is 1.73. The molecule has 2 aliphatic carbocycles. The summed E-state index contributed by atoms with van der Waals surface area (Å²) in [5.41, 5.74) is 5.17. The second-order valence-electron chi connectivity index (χ2n) is 7.34. The van der Waals surface area contributed by atoms with Gasteiger partial charge in [0.15, 0.2) is 5.78 Å². The molecule has 21 heavy (non-hydrogen) atoms. The SMILES string of the molecule is CN1CC[C@H]2Cc3[nH]c4c(c3C(=O)[C@@H]2C1)CCCCCC4. The number of H-pyrrole nitrogens is 1. The molecule has 1 saturated heterocycles. The van der Waals surface area contributed by atoms with E-state index < -0.39 is 0 Å². The van der Waals surface area contributed by atoms with Crippen molar-refractivity contribution in [2.45, 2.75) is 51.4 Å². The molecule has 0 saturated carbocycles. The summed E-state index contributed by atoms with van der Waals surface area (Å²) in [6.07, 6.45) is 9.72. The first-order chi connectivity index (χ1) is 10.2. The highest BCUT2D eigenvalue weighted by molar-refractivity contribution is 6.02. The molecule has 0 amide bonds. The molecule has 1 N–H and O–H groups in total. The van der Waals surface area contributed by atoms with E-state index in [1.54, 1.807) is 0 Å². The molecule has 114 valence electrons. The zero-order valence-corrected chi connectivity index (χ0v) is 13.1. The number of carbonyl (C=O) groups is 1. The minimum absolute atomic E-state index is 0.251. The lowest BCUT2D eigenvalue weighted by Crippen LogP contribution is -2.45. The smallest absolute Gasteiger partial charge is 0.169 e. The van der Waals surface area contributed by atoms with E-state index >= 15 is 0 Å². The van der Waals surface area contributed by atoms with E-state index in [4.69, 9.17) is 0 Å².